The van der Waals surface area contributed by atoms with Gasteiger partial charge in [0.25, 0.3) is 0 Å². The van der Waals surface area contributed by atoms with Crippen LogP contribution in [-0.4, -0.2) is 31.4 Å². The Morgan fingerprint density at radius 2 is 2.22 bits per heavy atom. The molecular formula is C13H14BNO3. The van der Waals surface area contributed by atoms with Crippen LogP contribution in [0.25, 0.3) is 0 Å². The summed E-state index contributed by atoms with van der Waals surface area (Å²) in [5, 5.41) is 0. The van der Waals surface area contributed by atoms with Gasteiger partial charge in [-0.2, -0.15) is 0 Å². The van der Waals surface area contributed by atoms with E-state index in [-0.39, 0.29) is 18.1 Å². The standard InChI is InChI=1S/C13H14BNO3/c16-13-7-6-12(18-13)11(15-9-14-17)8-10-4-2-1-3-5-10/h1-5,9,11-12H,6-8H2/b15-9+. The zero-order valence-corrected chi connectivity index (χ0v) is 9.99. The van der Waals surface area contributed by atoms with Crippen molar-refractivity contribution in [2.75, 3.05) is 0 Å². The van der Waals surface area contributed by atoms with Crippen molar-refractivity contribution in [2.24, 2.45) is 4.99 Å². The van der Waals surface area contributed by atoms with Gasteiger partial charge in [0.1, 0.15) is 0 Å². The van der Waals surface area contributed by atoms with Crippen molar-refractivity contribution in [3.8, 4) is 0 Å². The molecule has 1 aliphatic heterocycles. The molecule has 5 heteroatoms. The van der Waals surface area contributed by atoms with E-state index >= 15 is 0 Å². The third kappa shape index (κ3) is 3.36. The number of benzene rings is 1. The first-order valence-corrected chi connectivity index (χ1v) is 6.00. The molecule has 1 heterocycles. The first-order chi connectivity index (χ1) is 8.79. The molecule has 1 aromatic rings. The first-order valence-electron chi connectivity index (χ1n) is 6.00. The summed E-state index contributed by atoms with van der Waals surface area (Å²) >= 11 is 0. The number of hydrogen-bond donors (Lipinski definition) is 0. The third-order valence-corrected chi connectivity index (χ3v) is 2.97. The van der Waals surface area contributed by atoms with Crippen LogP contribution in [0.1, 0.15) is 18.4 Å². The molecular weight excluding hydrogens is 229 g/mol. The van der Waals surface area contributed by atoms with Gasteiger partial charge in [-0.15, -0.1) is 0 Å². The molecule has 0 amide bonds. The second-order valence-electron chi connectivity index (χ2n) is 4.26. The number of ether oxygens (including phenoxy) is 1. The van der Waals surface area contributed by atoms with E-state index in [0.29, 0.717) is 26.4 Å². The summed E-state index contributed by atoms with van der Waals surface area (Å²) in [7, 11) is 0.648. The van der Waals surface area contributed by atoms with Gasteiger partial charge >= 0.3 is 106 Å². The zero-order valence-electron chi connectivity index (χ0n) is 9.99. The molecule has 0 aliphatic carbocycles. The zero-order chi connectivity index (χ0) is 12.8. The summed E-state index contributed by atoms with van der Waals surface area (Å²) in [5.41, 5.74) is 1.12. The Morgan fingerprint density at radius 3 is 2.83 bits per heavy atom. The van der Waals surface area contributed by atoms with Gasteiger partial charge in [0, 0.05) is 0 Å². The second-order valence-corrected chi connectivity index (χ2v) is 4.26. The summed E-state index contributed by atoms with van der Waals surface area (Å²) in [5.74, 6) is -0.181. The number of carbonyl (C=O) groups excluding carboxylic acids is 1. The quantitative estimate of drug-likeness (QED) is 0.446. The van der Waals surface area contributed by atoms with Crippen molar-refractivity contribution >= 4 is 19.2 Å². The van der Waals surface area contributed by atoms with Crippen LogP contribution >= 0.6 is 0 Å². The van der Waals surface area contributed by atoms with E-state index < -0.39 is 0 Å². The third-order valence-electron chi connectivity index (χ3n) is 2.97. The normalized spacial score (nSPS) is 20.7. The second kappa shape index (κ2) is 6.24. The van der Waals surface area contributed by atoms with E-state index in [2.05, 4.69) is 4.99 Å². The van der Waals surface area contributed by atoms with Gasteiger partial charge in [-0.25, -0.2) is 0 Å². The van der Waals surface area contributed by atoms with E-state index in [9.17, 15) is 9.50 Å². The van der Waals surface area contributed by atoms with Crippen LogP contribution in [0.5, 0.6) is 0 Å². The molecule has 1 aliphatic rings. The molecule has 0 radical (unpaired) electrons. The van der Waals surface area contributed by atoms with Crippen molar-refractivity contribution in [1.82, 2.24) is 0 Å². The fourth-order valence-electron chi connectivity index (χ4n) is 2.10. The van der Waals surface area contributed by atoms with Crippen LogP contribution in [0.3, 0.4) is 0 Å². The van der Waals surface area contributed by atoms with Crippen LogP contribution in [0.15, 0.2) is 35.3 Å². The van der Waals surface area contributed by atoms with Crippen molar-refractivity contribution in [1.29, 1.82) is 0 Å². The Balaban J connectivity index is 2.07. The van der Waals surface area contributed by atoms with Gasteiger partial charge in [-0.1, -0.05) is 0 Å². The molecule has 1 saturated heterocycles. The van der Waals surface area contributed by atoms with Crippen LogP contribution in [-0.2, 0) is 20.7 Å². The number of hydrogen-bond acceptors (Lipinski definition) is 4. The topological polar surface area (TPSA) is 55.7 Å². The Kier molecular flexibility index (Phi) is 4.39. The molecule has 1 fully saturated rings. The predicted octanol–water partition coefficient (Wildman–Crippen LogP) is 1.38. The molecule has 0 saturated carbocycles. The van der Waals surface area contributed by atoms with Gasteiger partial charge in [0.15, 0.2) is 0 Å². The number of aliphatic imine (C=N–C) groups is 1. The average molecular weight is 243 g/mol. The maximum atomic E-state index is 11.1. The average Bonchev–Trinajstić information content (AvgIpc) is 2.82. The summed E-state index contributed by atoms with van der Waals surface area (Å²) in [4.78, 5) is 15.3. The van der Waals surface area contributed by atoms with E-state index in [1.54, 1.807) is 0 Å². The summed E-state index contributed by atoms with van der Waals surface area (Å²) in [6.07, 6.45) is 2.80. The van der Waals surface area contributed by atoms with E-state index in [1.165, 1.54) is 6.11 Å². The van der Waals surface area contributed by atoms with Crippen LogP contribution in [0.4, 0.5) is 0 Å². The number of esters is 1. The molecule has 0 bridgehead atoms. The van der Waals surface area contributed by atoms with Crippen LogP contribution in [0, 0.1) is 0 Å². The minimum absolute atomic E-state index is 0.177. The number of rotatable bonds is 5. The monoisotopic (exact) mass is 243 g/mol. The first kappa shape index (κ1) is 12.7. The van der Waals surface area contributed by atoms with E-state index in [1.807, 2.05) is 30.3 Å². The fraction of sp³-hybridized carbons (Fsp3) is 0.385. The van der Waals surface area contributed by atoms with Crippen molar-refractivity contribution in [2.45, 2.75) is 31.4 Å². The summed E-state index contributed by atoms with van der Waals surface area (Å²) in [6.45, 7) is 0. The summed E-state index contributed by atoms with van der Waals surface area (Å²) in [6, 6.07) is 9.68. The number of carbonyl (C=O) groups is 1. The van der Waals surface area contributed by atoms with Gasteiger partial charge in [0.2, 0.25) is 0 Å². The summed E-state index contributed by atoms with van der Waals surface area (Å²) < 4.78 is 15.6. The molecule has 18 heavy (non-hydrogen) atoms. The number of nitrogens with zero attached hydrogens (tertiary/aromatic N) is 1. The van der Waals surface area contributed by atoms with Gasteiger partial charge < -0.3 is 0 Å². The maximum absolute atomic E-state index is 11.1. The number of cyclic esters (lactones) is 1. The SMILES string of the molecule is O=B/C=N/C(Cc1ccccc1)C1CCC(=O)O1. The Hall–Kier alpha value is -1.78. The van der Waals surface area contributed by atoms with Gasteiger partial charge in [-0.05, 0) is 0 Å². The Labute approximate surface area is 106 Å². The van der Waals surface area contributed by atoms with Crippen LogP contribution < -0.4 is 0 Å². The van der Waals surface area contributed by atoms with Crippen molar-refractivity contribution in [3.05, 3.63) is 35.9 Å². The van der Waals surface area contributed by atoms with Crippen LogP contribution in [0.2, 0.25) is 0 Å². The fourth-order valence-corrected chi connectivity index (χ4v) is 2.10. The molecule has 2 unspecified atom stereocenters. The molecule has 1 aromatic carbocycles. The van der Waals surface area contributed by atoms with Gasteiger partial charge in [-0.3, -0.25) is 0 Å². The Morgan fingerprint density at radius 1 is 1.44 bits per heavy atom. The van der Waals surface area contributed by atoms with Crippen molar-refractivity contribution < 1.29 is 14.2 Å². The van der Waals surface area contributed by atoms with Gasteiger partial charge in [0.05, 0.1) is 0 Å². The predicted molar refractivity (Wildman–Crippen MR) is 68.0 cm³/mol. The van der Waals surface area contributed by atoms with E-state index in [0.717, 1.165) is 5.56 Å². The molecule has 2 rings (SSSR count). The van der Waals surface area contributed by atoms with Crippen molar-refractivity contribution in [3.63, 3.8) is 0 Å². The molecule has 0 N–H and O–H groups in total. The van der Waals surface area contributed by atoms with E-state index in [4.69, 9.17) is 4.74 Å². The molecule has 2 atom stereocenters. The molecule has 92 valence electrons. The Bertz CT molecular complexity index is 447. The molecule has 0 spiro atoms. The minimum atomic E-state index is -0.214. The molecule has 4 nitrogen and oxygen atoms in total. The molecule has 0 aromatic heterocycles.